The van der Waals surface area contributed by atoms with Gasteiger partial charge in [-0.3, -0.25) is 9.69 Å². The van der Waals surface area contributed by atoms with E-state index in [1.54, 1.807) is 24.3 Å². The second-order valence-corrected chi connectivity index (χ2v) is 9.10. The zero-order chi connectivity index (χ0) is 23.2. The number of benzene rings is 2. The molecule has 168 valence electrons. The molecule has 0 aliphatic carbocycles. The van der Waals surface area contributed by atoms with Crippen LogP contribution in [0.15, 0.2) is 76.6 Å². The summed E-state index contributed by atoms with van der Waals surface area (Å²) >= 11 is 8.93. The third kappa shape index (κ3) is 5.47. The number of carbonyl (C=O) groups is 1. The number of amidine groups is 1. The van der Waals surface area contributed by atoms with Crippen molar-refractivity contribution in [3.05, 3.63) is 87.8 Å². The van der Waals surface area contributed by atoms with Crippen LogP contribution in [0.2, 0.25) is 5.02 Å². The van der Waals surface area contributed by atoms with Crippen molar-refractivity contribution in [2.45, 2.75) is 6.61 Å². The molecule has 0 atom stereocenters. The number of aliphatic imine (C=N–C) groups is 1. The molecule has 0 radical (unpaired) electrons. The van der Waals surface area contributed by atoms with Crippen molar-refractivity contribution in [2.24, 2.45) is 4.99 Å². The van der Waals surface area contributed by atoms with Gasteiger partial charge in [0.2, 0.25) is 5.13 Å². The Labute approximate surface area is 205 Å². The van der Waals surface area contributed by atoms with E-state index in [1.165, 1.54) is 23.1 Å². The minimum absolute atomic E-state index is 0.131. The van der Waals surface area contributed by atoms with Gasteiger partial charge in [0.1, 0.15) is 6.61 Å². The zero-order valence-corrected chi connectivity index (χ0v) is 20.1. The maximum absolute atomic E-state index is 13.0. The van der Waals surface area contributed by atoms with Crippen molar-refractivity contribution in [3.63, 3.8) is 0 Å². The smallest absolute Gasteiger partial charge is 0.267 e. The van der Waals surface area contributed by atoms with Gasteiger partial charge in [-0.15, -0.1) is 17.9 Å². The highest BCUT2D eigenvalue weighted by Gasteiger charge is 2.32. The van der Waals surface area contributed by atoms with Crippen molar-refractivity contribution in [2.75, 3.05) is 13.7 Å². The second kappa shape index (κ2) is 10.7. The van der Waals surface area contributed by atoms with Gasteiger partial charge in [0.25, 0.3) is 5.91 Å². The number of ether oxygens (including phenoxy) is 2. The summed E-state index contributed by atoms with van der Waals surface area (Å²) in [6.45, 7) is 4.43. The minimum atomic E-state index is -0.131. The Bertz CT molecular complexity index is 1230. The molecule has 9 heteroatoms. The van der Waals surface area contributed by atoms with E-state index in [2.05, 4.69) is 16.6 Å². The van der Waals surface area contributed by atoms with Gasteiger partial charge in [-0.05, 0) is 41.6 Å². The number of hydrogen-bond donors (Lipinski definition) is 0. The summed E-state index contributed by atoms with van der Waals surface area (Å²) in [5, 5.41) is 3.67. The van der Waals surface area contributed by atoms with E-state index in [9.17, 15) is 4.79 Å². The SMILES string of the molecule is C=CCN1C(=O)/C(=C/c2ccc(OCc3ccccc3Cl)c(OC)c2)S/C1=N/c1nccs1. The van der Waals surface area contributed by atoms with E-state index in [0.717, 1.165) is 11.1 Å². The summed E-state index contributed by atoms with van der Waals surface area (Å²) in [6.07, 6.45) is 5.17. The molecule has 1 aliphatic rings. The van der Waals surface area contributed by atoms with Crippen LogP contribution < -0.4 is 9.47 Å². The van der Waals surface area contributed by atoms with Crippen molar-refractivity contribution >= 4 is 57.0 Å². The Balaban J connectivity index is 1.56. The van der Waals surface area contributed by atoms with Crippen LogP contribution in [0.5, 0.6) is 11.5 Å². The first kappa shape index (κ1) is 23.1. The molecule has 6 nitrogen and oxygen atoms in total. The fraction of sp³-hybridized carbons (Fsp3) is 0.125. The minimum Gasteiger partial charge on any atom is -0.493 e. The molecule has 1 fully saturated rings. The lowest BCUT2D eigenvalue weighted by Gasteiger charge is -2.12. The van der Waals surface area contributed by atoms with Crippen molar-refractivity contribution in [1.82, 2.24) is 9.88 Å². The Kier molecular flexibility index (Phi) is 7.49. The number of hydrogen-bond acceptors (Lipinski definition) is 7. The van der Waals surface area contributed by atoms with Gasteiger partial charge in [0.05, 0.1) is 12.0 Å². The summed E-state index contributed by atoms with van der Waals surface area (Å²) in [7, 11) is 1.58. The molecule has 2 aromatic carbocycles. The summed E-state index contributed by atoms with van der Waals surface area (Å²) < 4.78 is 11.4. The molecule has 1 saturated heterocycles. The molecule has 2 heterocycles. The van der Waals surface area contributed by atoms with Crippen molar-refractivity contribution in [1.29, 1.82) is 0 Å². The first-order chi connectivity index (χ1) is 16.1. The summed E-state index contributed by atoms with van der Waals surface area (Å²) in [5.74, 6) is 1.02. The summed E-state index contributed by atoms with van der Waals surface area (Å²) in [6, 6.07) is 13.0. The number of rotatable bonds is 8. The van der Waals surface area contributed by atoms with Crippen LogP contribution in [0, 0.1) is 0 Å². The van der Waals surface area contributed by atoms with Crippen LogP contribution in [-0.4, -0.2) is 34.6 Å². The average Bonchev–Trinajstić information content (AvgIpc) is 3.43. The predicted octanol–water partition coefficient (Wildman–Crippen LogP) is 6.17. The van der Waals surface area contributed by atoms with Crippen LogP contribution in [-0.2, 0) is 11.4 Å². The highest BCUT2D eigenvalue weighted by molar-refractivity contribution is 8.18. The maximum Gasteiger partial charge on any atom is 0.267 e. The van der Waals surface area contributed by atoms with Gasteiger partial charge < -0.3 is 9.47 Å². The molecule has 1 amide bonds. The van der Waals surface area contributed by atoms with Gasteiger partial charge in [0, 0.05) is 28.7 Å². The molecular weight excluding hydrogens is 478 g/mol. The van der Waals surface area contributed by atoms with Gasteiger partial charge in [-0.1, -0.05) is 41.9 Å². The lowest BCUT2D eigenvalue weighted by molar-refractivity contribution is -0.121. The van der Waals surface area contributed by atoms with Gasteiger partial charge in [-0.2, -0.15) is 4.99 Å². The Morgan fingerprint density at radius 3 is 2.82 bits per heavy atom. The van der Waals surface area contributed by atoms with E-state index in [1.807, 2.05) is 53.9 Å². The van der Waals surface area contributed by atoms with Gasteiger partial charge >= 0.3 is 0 Å². The van der Waals surface area contributed by atoms with Crippen molar-refractivity contribution in [3.8, 4) is 11.5 Å². The van der Waals surface area contributed by atoms with E-state index in [-0.39, 0.29) is 5.91 Å². The van der Waals surface area contributed by atoms with E-state index in [4.69, 9.17) is 21.1 Å². The van der Waals surface area contributed by atoms with E-state index >= 15 is 0 Å². The highest BCUT2D eigenvalue weighted by atomic mass is 35.5. The molecule has 0 N–H and O–H groups in total. The standard InChI is InChI=1S/C24H20ClN3O3S2/c1-3-11-28-22(29)21(33-24(28)27-23-26-10-12-32-23)14-16-8-9-19(20(13-16)30-2)31-15-17-6-4-5-7-18(17)25/h3-10,12-14H,1,11,15H2,2H3/b21-14-,27-24+. The molecule has 0 unspecified atom stereocenters. The number of carbonyl (C=O) groups excluding carboxylic acids is 1. The quantitative estimate of drug-likeness (QED) is 0.275. The van der Waals surface area contributed by atoms with Gasteiger partial charge in [0.15, 0.2) is 16.7 Å². The maximum atomic E-state index is 13.0. The lowest BCUT2D eigenvalue weighted by Crippen LogP contribution is -2.29. The van der Waals surface area contributed by atoms with Crippen LogP contribution in [0.4, 0.5) is 5.13 Å². The van der Waals surface area contributed by atoms with E-state index < -0.39 is 0 Å². The molecule has 0 saturated carbocycles. The van der Waals surface area contributed by atoms with Crippen LogP contribution in [0.1, 0.15) is 11.1 Å². The Hall–Kier alpha value is -3.07. The molecule has 1 aliphatic heterocycles. The number of amides is 1. The van der Waals surface area contributed by atoms with Crippen molar-refractivity contribution < 1.29 is 14.3 Å². The predicted molar refractivity (Wildman–Crippen MR) is 135 cm³/mol. The molecular formula is C24H20ClN3O3S2. The molecule has 0 bridgehead atoms. The third-order valence-electron chi connectivity index (χ3n) is 4.64. The highest BCUT2D eigenvalue weighted by Crippen LogP contribution is 2.36. The zero-order valence-electron chi connectivity index (χ0n) is 17.7. The Morgan fingerprint density at radius 1 is 1.24 bits per heavy atom. The summed E-state index contributed by atoms with van der Waals surface area (Å²) in [4.78, 5) is 23.8. The number of nitrogens with zero attached hydrogens (tertiary/aromatic N) is 3. The second-order valence-electron chi connectivity index (χ2n) is 6.81. The van der Waals surface area contributed by atoms with Gasteiger partial charge in [-0.25, -0.2) is 4.98 Å². The number of aromatic nitrogens is 1. The first-order valence-corrected chi connectivity index (χ1v) is 12.0. The molecule has 33 heavy (non-hydrogen) atoms. The summed E-state index contributed by atoms with van der Waals surface area (Å²) in [5.41, 5.74) is 1.69. The average molecular weight is 498 g/mol. The normalized spacial score (nSPS) is 15.9. The number of thiazole rings is 1. The van der Waals surface area contributed by atoms with Crippen LogP contribution in [0.25, 0.3) is 6.08 Å². The molecule has 3 aromatic rings. The molecule has 0 spiro atoms. The first-order valence-electron chi connectivity index (χ1n) is 9.93. The third-order valence-corrected chi connectivity index (χ3v) is 6.68. The van der Waals surface area contributed by atoms with Crippen LogP contribution >= 0.6 is 34.7 Å². The fourth-order valence-electron chi connectivity index (χ4n) is 3.05. The number of thioether (sulfide) groups is 1. The monoisotopic (exact) mass is 497 g/mol. The topological polar surface area (TPSA) is 64.0 Å². The molecule has 4 rings (SSSR count). The fourth-order valence-corrected chi connectivity index (χ4v) is 4.79. The van der Waals surface area contributed by atoms with E-state index in [0.29, 0.717) is 44.9 Å². The largest absolute Gasteiger partial charge is 0.493 e. The lowest BCUT2D eigenvalue weighted by atomic mass is 10.1. The number of methoxy groups -OCH3 is 1. The molecule has 1 aromatic heterocycles. The Morgan fingerprint density at radius 2 is 2.09 bits per heavy atom. The van der Waals surface area contributed by atoms with Crippen LogP contribution in [0.3, 0.4) is 0 Å². The number of halogens is 1.